The number of nitro benzene ring substituents is 1. The maximum absolute atomic E-state index is 12.2. The van der Waals surface area contributed by atoms with Crippen LogP contribution in [0.1, 0.15) is 44.0 Å². The lowest BCUT2D eigenvalue weighted by Crippen LogP contribution is -2.34. The Morgan fingerprint density at radius 1 is 1.41 bits per heavy atom. The van der Waals surface area contributed by atoms with Gasteiger partial charge in [-0.25, -0.2) is 4.79 Å². The van der Waals surface area contributed by atoms with E-state index in [4.69, 9.17) is 4.74 Å². The minimum Gasteiger partial charge on any atom is -0.452 e. The molecule has 0 spiro atoms. The number of benzene rings is 1. The molecule has 1 aromatic rings. The van der Waals surface area contributed by atoms with Gasteiger partial charge in [-0.2, -0.15) is 0 Å². The van der Waals surface area contributed by atoms with Gasteiger partial charge in [-0.15, -0.1) is 0 Å². The molecule has 8 heteroatoms. The molecule has 1 heterocycles. The zero-order valence-electron chi connectivity index (χ0n) is 16.1. The van der Waals surface area contributed by atoms with E-state index in [1.54, 1.807) is 6.07 Å². The van der Waals surface area contributed by atoms with E-state index >= 15 is 0 Å². The van der Waals surface area contributed by atoms with Crippen LogP contribution in [0.5, 0.6) is 0 Å². The van der Waals surface area contributed by atoms with Crippen molar-refractivity contribution in [2.45, 2.75) is 33.6 Å². The second-order valence-electron chi connectivity index (χ2n) is 7.43. The molecule has 0 aliphatic carbocycles. The van der Waals surface area contributed by atoms with Crippen molar-refractivity contribution in [1.82, 2.24) is 5.32 Å². The highest BCUT2D eigenvalue weighted by Crippen LogP contribution is 2.32. The molecule has 1 aliphatic rings. The first kappa shape index (κ1) is 20.7. The molecule has 1 aliphatic heterocycles. The molecule has 27 heavy (non-hydrogen) atoms. The summed E-state index contributed by atoms with van der Waals surface area (Å²) in [5.41, 5.74) is 0.452. The first-order valence-corrected chi connectivity index (χ1v) is 9.25. The summed E-state index contributed by atoms with van der Waals surface area (Å²) in [5, 5.41) is 14.1. The SMILES string of the molecule is CC(C)CNC(=O)COC(=O)c1ccc(N2CCCC(C)C2)c([N+](=O)[O-])c1. The highest BCUT2D eigenvalue weighted by Gasteiger charge is 2.25. The molecular formula is C19H27N3O5. The van der Waals surface area contributed by atoms with Crippen LogP contribution >= 0.6 is 0 Å². The van der Waals surface area contributed by atoms with E-state index in [-0.39, 0.29) is 17.2 Å². The molecule has 1 unspecified atom stereocenters. The second kappa shape index (κ2) is 9.34. The van der Waals surface area contributed by atoms with Crippen LogP contribution in [0.4, 0.5) is 11.4 Å². The van der Waals surface area contributed by atoms with Crippen molar-refractivity contribution >= 4 is 23.3 Å². The molecule has 1 fully saturated rings. The van der Waals surface area contributed by atoms with Gasteiger partial charge in [-0.1, -0.05) is 20.8 Å². The topological polar surface area (TPSA) is 102 Å². The van der Waals surface area contributed by atoms with Crippen molar-refractivity contribution in [3.05, 3.63) is 33.9 Å². The minimum absolute atomic E-state index is 0.0622. The van der Waals surface area contributed by atoms with Crippen molar-refractivity contribution < 1.29 is 19.2 Å². The number of rotatable bonds is 7. The van der Waals surface area contributed by atoms with Crippen molar-refractivity contribution in [2.75, 3.05) is 31.1 Å². The number of hydrogen-bond acceptors (Lipinski definition) is 6. The Morgan fingerprint density at radius 3 is 2.78 bits per heavy atom. The number of hydrogen-bond donors (Lipinski definition) is 1. The predicted molar refractivity (Wildman–Crippen MR) is 102 cm³/mol. The molecular weight excluding hydrogens is 350 g/mol. The summed E-state index contributed by atoms with van der Waals surface area (Å²) < 4.78 is 4.97. The summed E-state index contributed by atoms with van der Waals surface area (Å²) >= 11 is 0. The summed E-state index contributed by atoms with van der Waals surface area (Å²) in [6.07, 6.45) is 2.08. The van der Waals surface area contributed by atoms with Crippen LogP contribution in [-0.4, -0.2) is 43.0 Å². The molecule has 0 saturated carbocycles. The fourth-order valence-corrected chi connectivity index (χ4v) is 3.06. The summed E-state index contributed by atoms with van der Waals surface area (Å²) in [6, 6.07) is 4.32. The third kappa shape index (κ3) is 5.94. The Hall–Kier alpha value is -2.64. The van der Waals surface area contributed by atoms with Gasteiger partial charge in [0.25, 0.3) is 11.6 Å². The zero-order valence-corrected chi connectivity index (χ0v) is 16.1. The van der Waals surface area contributed by atoms with E-state index in [1.807, 2.05) is 18.7 Å². The van der Waals surface area contributed by atoms with Gasteiger partial charge < -0.3 is 15.0 Å². The molecule has 1 N–H and O–H groups in total. The van der Waals surface area contributed by atoms with Crippen LogP contribution in [0.3, 0.4) is 0 Å². The third-order valence-corrected chi connectivity index (χ3v) is 4.45. The number of nitrogens with zero attached hydrogens (tertiary/aromatic N) is 2. The predicted octanol–water partition coefficient (Wildman–Crippen LogP) is 2.76. The number of esters is 1. The number of piperidine rings is 1. The molecule has 0 radical (unpaired) electrons. The monoisotopic (exact) mass is 377 g/mol. The Labute approximate surface area is 159 Å². The summed E-state index contributed by atoms with van der Waals surface area (Å²) in [7, 11) is 0. The Balaban J connectivity index is 2.07. The molecule has 148 valence electrons. The van der Waals surface area contributed by atoms with Crippen LogP contribution in [0.25, 0.3) is 0 Å². The summed E-state index contributed by atoms with van der Waals surface area (Å²) in [4.78, 5) is 36.8. The Bertz CT molecular complexity index is 705. The highest BCUT2D eigenvalue weighted by molar-refractivity contribution is 5.93. The van der Waals surface area contributed by atoms with Crippen LogP contribution in [0.15, 0.2) is 18.2 Å². The quantitative estimate of drug-likeness (QED) is 0.445. The van der Waals surface area contributed by atoms with Crippen molar-refractivity contribution in [1.29, 1.82) is 0 Å². The van der Waals surface area contributed by atoms with E-state index < -0.39 is 23.4 Å². The lowest BCUT2D eigenvalue weighted by Gasteiger charge is -2.32. The van der Waals surface area contributed by atoms with Gasteiger partial charge in [0.1, 0.15) is 5.69 Å². The zero-order chi connectivity index (χ0) is 20.0. The van der Waals surface area contributed by atoms with E-state index in [9.17, 15) is 19.7 Å². The van der Waals surface area contributed by atoms with E-state index in [0.717, 1.165) is 25.9 Å². The number of carbonyl (C=O) groups excluding carboxylic acids is 2. The number of nitrogens with one attached hydrogen (secondary N) is 1. The minimum atomic E-state index is -0.753. The number of nitro groups is 1. The standard InChI is InChI=1S/C19H27N3O5/c1-13(2)10-20-18(23)12-27-19(24)15-6-7-16(17(9-15)22(25)26)21-8-4-5-14(3)11-21/h6-7,9,13-14H,4-5,8,10-12H2,1-3H3,(H,20,23). The molecule has 1 aromatic carbocycles. The van der Waals surface area contributed by atoms with Crippen LogP contribution in [0, 0.1) is 22.0 Å². The lowest BCUT2D eigenvalue weighted by atomic mass is 9.99. The van der Waals surface area contributed by atoms with E-state index in [2.05, 4.69) is 12.2 Å². The smallest absolute Gasteiger partial charge is 0.338 e. The Kier molecular flexibility index (Phi) is 7.15. The molecule has 0 bridgehead atoms. The van der Waals surface area contributed by atoms with E-state index in [0.29, 0.717) is 18.2 Å². The first-order valence-electron chi connectivity index (χ1n) is 9.25. The molecule has 1 amide bonds. The van der Waals surface area contributed by atoms with Gasteiger partial charge in [-0.05, 0) is 36.8 Å². The van der Waals surface area contributed by atoms with Gasteiger partial charge in [0.15, 0.2) is 6.61 Å². The highest BCUT2D eigenvalue weighted by atomic mass is 16.6. The van der Waals surface area contributed by atoms with Gasteiger partial charge in [-0.3, -0.25) is 14.9 Å². The third-order valence-electron chi connectivity index (χ3n) is 4.45. The molecule has 1 atom stereocenters. The lowest BCUT2D eigenvalue weighted by molar-refractivity contribution is -0.384. The maximum atomic E-state index is 12.2. The van der Waals surface area contributed by atoms with Crippen LogP contribution in [-0.2, 0) is 9.53 Å². The molecule has 0 aromatic heterocycles. The molecule has 1 saturated heterocycles. The normalized spacial score (nSPS) is 16.9. The fraction of sp³-hybridized carbons (Fsp3) is 0.579. The first-order chi connectivity index (χ1) is 12.8. The number of carbonyl (C=O) groups is 2. The average Bonchev–Trinajstić information content (AvgIpc) is 2.63. The number of amides is 1. The summed E-state index contributed by atoms with van der Waals surface area (Å²) in [5.74, 6) is -0.397. The van der Waals surface area contributed by atoms with Crippen molar-refractivity contribution in [2.24, 2.45) is 11.8 Å². The second-order valence-corrected chi connectivity index (χ2v) is 7.43. The van der Waals surface area contributed by atoms with Gasteiger partial charge in [0.05, 0.1) is 10.5 Å². The fourth-order valence-electron chi connectivity index (χ4n) is 3.06. The molecule has 2 rings (SSSR count). The number of ether oxygens (including phenoxy) is 1. The van der Waals surface area contributed by atoms with Crippen molar-refractivity contribution in [3.8, 4) is 0 Å². The van der Waals surface area contributed by atoms with E-state index in [1.165, 1.54) is 12.1 Å². The number of anilines is 1. The van der Waals surface area contributed by atoms with Crippen molar-refractivity contribution in [3.63, 3.8) is 0 Å². The maximum Gasteiger partial charge on any atom is 0.338 e. The Morgan fingerprint density at radius 2 is 2.15 bits per heavy atom. The molecule has 8 nitrogen and oxygen atoms in total. The summed E-state index contributed by atoms with van der Waals surface area (Å²) in [6.45, 7) is 7.61. The van der Waals surface area contributed by atoms with Gasteiger partial charge in [0.2, 0.25) is 0 Å². The van der Waals surface area contributed by atoms with Gasteiger partial charge in [0, 0.05) is 25.7 Å². The van der Waals surface area contributed by atoms with Crippen LogP contribution in [0.2, 0.25) is 0 Å². The van der Waals surface area contributed by atoms with Crippen LogP contribution < -0.4 is 10.2 Å². The van der Waals surface area contributed by atoms with Gasteiger partial charge >= 0.3 is 5.97 Å². The largest absolute Gasteiger partial charge is 0.452 e. The average molecular weight is 377 g/mol.